The lowest BCUT2D eigenvalue weighted by Gasteiger charge is -2.21. The summed E-state index contributed by atoms with van der Waals surface area (Å²) in [5, 5.41) is 17.3. The van der Waals surface area contributed by atoms with E-state index in [0.717, 1.165) is 19.5 Å². The molecule has 0 bridgehead atoms. The third kappa shape index (κ3) is 5.11. The van der Waals surface area contributed by atoms with E-state index in [-0.39, 0.29) is 12.5 Å². The molecule has 1 unspecified atom stereocenters. The normalized spacial score (nSPS) is 12.9. The summed E-state index contributed by atoms with van der Waals surface area (Å²) >= 11 is 0. The first-order chi connectivity index (χ1) is 5.74. The van der Waals surface area contributed by atoms with E-state index in [0.29, 0.717) is 6.54 Å². The van der Waals surface area contributed by atoms with Crippen molar-refractivity contribution >= 4 is 0 Å². The maximum atomic E-state index is 8.81. The SMILES string of the molecule is CCCN(CC#N)CC(C)CO. The van der Waals surface area contributed by atoms with E-state index >= 15 is 0 Å². The minimum Gasteiger partial charge on any atom is -0.396 e. The van der Waals surface area contributed by atoms with Gasteiger partial charge in [0, 0.05) is 13.2 Å². The van der Waals surface area contributed by atoms with Crippen molar-refractivity contribution in [2.24, 2.45) is 5.92 Å². The molecule has 0 saturated heterocycles. The first-order valence-corrected chi connectivity index (χ1v) is 4.44. The molecule has 0 aliphatic carbocycles. The fourth-order valence-electron chi connectivity index (χ4n) is 1.15. The second-order valence-electron chi connectivity index (χ2n) is 3.18. The Morgan fingerprint density at radius 2 is 2.25 bits per heavy atom. The maximum Gasteiger partial charge on any atom is 0.0866 e. The molecular weight excluding hydrogens is 152 g/mol. The third-order valence-electron chi connectivity index (χ3n) is 1.72. The van der Waals surface area contributed by atoms with Crippen molar-refractivity contribution in [2.45, 2.75) is 20.3 Å². The van der Waals surface area contributed by atoms with Gasteiger partial charge < -0.3 is 5.11 Å². The van der Waals surface area contributed by atoms with Crippen LogP contribution in [0.4, 0.5) is 0 Å². The summed E-state index contributed by atoms with van der Waals surface area (Å²) in [4.78, 5) is 2.07. The van der Waals surface area contributed by atoms with E-state index in [1.807, 2.05) is 6.92 Å². The van der Waals surface area contributed by atoms with Gasteiger partial charge in [-0.15, -0.1) is 0 Å². The van der Waals surface area contributed by atoms with Crippen LogP contribution in [0, 0.1) is 17.2 Å². The van der Waals surface area contributed by atoms with Crippen LogP contribution in [0.25, 0.3) is 0 Å². The van der Waals surface area contributed by atoms with Crippen molar-refractivity contribution < 1.29 is 5.11 Å². The van der Waals surface area contributed by atoms with Gasteiger partial charge in [0.05, 0.1) is 12.6 Å². The van der Waals surface area contributed by atoms with Crippen LogP contribution in [0.2, 0.25) is 0 Å². The Balaban J connectivity index is 3.70. The van der Waals surface area contributed by atoms with E-state index in [9.17, 15) is 0 Å². The molecule has 0 aromatic rings. The topological polar surface area (TPSA) is 47.3 Å². The quantitative estimate of drug-likeness (QED) is 0.601. The zero-order chi connectivity index (χ0) is 9.40. The highest BCUT2D eigenvalue weighted by atomic mass is 16.3. The van der Waals surface area contributed by atoms with Crippen LogP contribution in [0.1, 0.15) is 20.3 Å². The van der Waals surface area contributed by atoms with E-state index in [2.05, 4.69) is 17.9 Å². The molecule has 0 fully saturated rings. The lowest BCUT2D eigenvalue weighted by Crippen LogP contribution is -2.31. The molecule has 0 aliphatic heterocycles. The van der Waals surface area contributed by atoms with Gasteiger partial charge in [0.25, 0.3) is 0 Å². The van der Waals surface area contributed by atoms with Crippen LogP contribution in [-0.4, -0.2) is 36.2 Å². The van der Waals surface area contributed by atoms with E-state index in [4.69, 9.17) is 10.4 Å². The number of rotatable bonds is 6. The predicted molar refractivity (Wildman–Crippen MR) is 48.6 cm³/mol. The molecular formula is C9H18N2O. The van der Waals surface area contributed by atoms with Crippen LogP contribution in [-0.2, 0) is 0 Å². The standard InChI is InChI=1S/C9H18N2O/c1-3-5-11(6-4-10)7-9(2)8-12/h9,12H,3,5-8H2,1-2H3. The summed E-state index contributed by atoms with van der Waals surface area (Å²) in [6.07, 6.45) is 1.06. The average Bonchev–Trinajstić information content (AvgIpc) is 2.05. The Morgan fingerprint density at radius 3 is 2.67 bits per heavy atom. The number of nitrogens with zero attached hydrogens (tertiary/aromatic N) is 2. The number of hydrogen-bond donors (Lipinski definition) is 1. The van der Waals surface area contributed by atoms with Gasteiger partial charge in [-0.25, -0.2) is 0 Å². The van der Waals surface area contributed by atoms with Crippen molar-refractivity contribution in [2.75, 3.05) is 26.2 Å². The Kier molecular flexibility index (Phi) is 6.73. The fraction of sp³-hybridized carbons (Fsp3) is 0.889. The Labute approximate surface area is 74.6 Å². The number of nitriles is 1. The molecule has 12 heavy (non-hydrogen) atoms. The lowest BCUT2D eigenvalue weighted by molar-refractivity contribution is 0.183. The molecule has 0 saturated carbocycles. The number of aliphatic hydroxyl groups is 1. The number of aliphatic hydroxyl groups excluding tert-OH is 1. The predicted octanol–water partition coefficient (Wildman–Crippen LogP) is 0.850. The van der Waals surface area contributed by atoms with Gasteiger partial charge in [0.1, 0.15) is 0 Å². The second kappa shape index (κ2) is 7.08. The second-order valence-corrected chi connectivity index (χ2v) is 3.18. The van der Waals surface area contributed by atoms with E-state index < -0.39 is 0 Å². The minimum absolute atomic E-state index is 0.200. The van der Waals surface area contributed by atoms with Gasteiger partial charge in [0.15, 0.2) is 0 Å². The van der Waals surface area contributed by atoms with Gasteiger partial charge in [-0.05, 0) is 18.9 Å². The highest BCUT2D eigenvalue weighted by Crippen LogP contribution is 1.99. The van der Waals surface area contributed by atoms with Crippen molar-refractivity contribution in [1.29, 1.82) is 5.26 Å². The van der Waals surface area contributed by atoms with Crippen LogP contribution in [0.3, 0.4) is 0 Å². The van der Waals surface area contributed by atoms with Gasteiger partial charge >= 0.3 is 0 Å². The lowest BCUT2D eigenvalue weighted by atomic mass is 10.2. The maximum absolute atomic E-state index is 8.81. The molecule has 0 aliphatic rings. The zero-order valence-corrected chi connectivity index (χ0v) is 7.95. The Morgan fingerprint density at radius 1 is 1.58 bits per heavy atom. The van der Waals surface area contributed by atoms with E-state index in [1.54, 1.807) is 0 Å². The monoisotopic (exact) mass is 170 g/mol. The third-order valence-corrected chi connectivity index (χ3v) is 1.72. The summed E-state index contributed by atoms with van der Waals surface area (Å²) in [6, 6.07) is 2.13. The average molecular weight is 170 g/mol. The molecule has 0 rings (SSSR count). The first-order valence-electron chi connectivity index (χ1n) is 4.44. The molecule has 3 nitrogen and oxygen atoms in total. The van der Waals surface area contributed by atoms with Crippen molar-refractivity contribution in [3.05, 3.63) is 0 Å². The largest absolute Gasteiger partial charge is 0.396 e. The molecule has 0 spiro atoms. The van der Waals surface area contributed by atoms with Crippen LogP contribution < -0.4 is 0 Å². The molecule has 0 aromatic carbocycles. The van der Waals surface area contributed by atoms with Gasteiger partial charge in [0.2, 0.25) is 0 Å². The van der Waals surface area contributed by atoms with Crippen LogP contribution >= 0.6 is 0 Å². The minimum atomic E-state index is 0.200. The highest BCUT2D eigenvalue weighted by molar-refractivity contribution is 4.77. The van der Waals surface area contributed by atoms with Crippen LogP contribution in [0.5, 0.6) is 0 Å². The van der Waals surface area contributed by atoms with Crippen LogP contribution in [0.15, 0.2) is 0 Å². The smallest absolute Gasteiger partial charge is 0.0866 e. The summed E-state index contributed by atoms with van der Waals surface area (Å²) in [6.45, 7) is 6.51. The van der Waals surface area contributed by atoms with Crippen molar-refractivity contribution in [1.82, 2.24) is 4.90 Å². The van der Waals surface area contributed by atoms with Crippen molar-refractivity contribution in [3.63, 3.8) is 0 Å². The van der Waals surface area contributed by atoms with Gasteiger partial charge in [-0.3, -0.25) is 4.90 Å². The number of hydrogen-bond acceptors (Lipinski definition) is 3. The summed E-state index contributed by atoms with van der Waals surface area (Å²) < 4.78 is 0. The summed E-state index contributed by atoms with van der Waals surface area (Å²) in [5.74, 6) is 0.268. The van der Waals surface area contributed by atoms with Gasteiger partial charge in [-0.2, -0.15) is 5.26 Å². The molecule has 0 amide bonds. The molecule has 1 atom stereocenters. The molecule has 70 valence electrons. The molecule has 3 heteroatoms. The Bertz CT molecular complexity index is 142. The zero-order valence-electron chi connectivity index (χ0n) is 7.95. The summed E-state index contributed by atoms with van der Waals surface area (Å²) in [5.41, 5.74) is 0. The Hall–Kier alpha value is -0.590. The summed E-state index contributed by atoms with van der Waals surface area (Å²) in [7, 11) is 0. The van der Waals surface area contributed by atoms with E-state index in [1.165, 1.54) is 0 Å². The fourth-order valence-corrected chi connectivity index (χ4v) is 1.15. The molecule has 0 heterocycles. The molecule has 1 N–H and O–H groups in total. The highest BCUT2D eigenvalue weighted by Gasteiger charge is 2.07. The molecule has 0 radical (unpaired) electrons. The first kappa shape index (κ1) is 11.4. The van der Waals surface area contributed by atoms with Crippen molar-refractivity contribution in [3.8, 4) is 6.07 Å². The molecule has 0 aromatic heterocycles. The van der Waals surface area contributed by atoms with Gasteiger partial charge in [-0.1, -0.05) is 13.8 Å².